The minimum atomic E-state index is -0.127. The van der Waals surface area contributed by atoms with Crippen LogP contribution >= 0.6 is 27.7 Å². The van der Waals surface area contributed by atoms with Crippen molar-refractivity contribution in [3.05, 3.63) is 58.3 Å². The molecule has 2 aromatic carbocycles. The summed E-state index contributed by atoms with van der Waals surface area (Å²) in [6.45, 7) is 0.605. The molecule has 0 heterocycles. The van der Waals surface area contributed by atoms with Crippen LogP contribution in [0.4, 0.5) is 4.39 Å². The van der Waals surface area contributed by atoms with Crippen LogP contribution in [0.3, 0.4) is 0 Å². The van der Waals surface area contributed by atoms with Crippen molar-refractivity contribution >= 4 is 27.7 Å². The van der Waals surface area contributed by atoms with Crippen LogP contribution in [0.25, 0.3) is 0 Å². The fourth-order valence-electron chi connectivity index (χ4n) is 2.00. The Labute approximate surface area is 131 Å². The van der Waals surface area contributed by atoms with E-state index in [0.29, 0.717) is 12.6 Å². The monoisotopic (exact) mass is 351 g/mol. The van der Waals surface area contributed by atoms with Gasteiger partial charge < -0.3 is 5.32 Å². The molecule has 0 aromatic heterocycles. The topological polar surface area (TPSA) is 12.0 Å². The summed E-state index contributed by atoms with van der Waals surface area (Å²) in [5.74, 6) is -0.127. The van der Waals surface area contributed by atoms with Crippen LogP contribution in [0.1, 0.15) is 18.4 Å². The molecule has 1 N–H and O–H groups in total. The van der Waals surface area contributed by atoms with Gasteiger partial charge in [0.2, 0.25) is 0 Å². The first-order valence-electron chi connectivity index (χ1n) is 6.66. The number of nitrogens with one attached hydrogen (secondary N) is 1. The Morgan fingerprint density at radius 1 is 1.20 bits per heavy atom. The van der Waals surface area contributed by atoms with Gasteiger partial charge in [0, 0.05) is 32.4 Å². The van der Waals surface area contributed by atoms with Gasteiger partial charge in [-0.05, 0) is 43.2 Å². The van der Waals surface area contributed by atoms with E-state index in [1.165, 1.54) is 18.9 Å². The van der Waals surface area contributed by atoms with Crippen LogP contribution in [0.5, 0.6) is 0 Å². The van der Waals surface area contributed by atoms with Crippen LogP contribution in [-0.2, 0) is 6.54 Å². The van der Waals surface area contributed by atoms with Crippen molar-refractivity contribution in [2.75, 3.05) is 0 Å². The summed E-state index contributed by atoms with van der Waals surface area (Å²) in [6.07, 6.45) is 2.42. The molecule has 0 atom stereocenters. The molecule has 0 saturated heterocycles. The molecule has 0 spiro atoms. The second kappa shape index (κ2) is 6.29. The zero-order valence-corrected chi connectivity index (χ0v) is 13.3. The molecular weight excluding hydrogens is 337 g/mol. The molecule has 1 nitrogen and oxygen atoms in total. The van der Waals surface area contributed by atoms with E-state index in [-0.39, 0.29) is 5.82 Å². The smallest absolute Gasteiger partial charge is 0.128 e. The molecule has 0 unspecified atom stereocenters. The Balaban J connectivity index is 1.82. The standard InChI is InChI=1S/C16H15BrFNS/c17-11-3-1-4-13(9-11)20-16-6-2-5-15(18)14(16)10-19-12-7-8-12/h1-6,9,12,19H,7-8,10H2. The van der Waals surface area contributed by atoms with Crippen LogP contribution in [0.2, 0.25) is 0 Å². The van der Waals surface area contributed by atoms with Gasteiger partial charge in [-0.3, -0.25) is 0 Å². The van der Waals surface area contributed by atoms with Crippen molar-refractivity contribution in [2.45, 2.75) is 35.2 Å². The third kappa shape index (κ3) is 3.62. The van der Waals surface area contributed by atoms with Crippen LogP contribution in [-0.4, -0.2) is 6.04 Å². The summed E-state index contributed by atoms with van der Waals surface area (Å²) in [4.78, 5) is 2.09. The maximum atomic E-state index is 14.0. The first-order chi connectivity index (χ1) is 9.72. The lowest BCUT2D eigenvalue weighted by Crippen LogP contribution is -2.16. The zero-order chi connectivity index (χ0) is 13.9. The highest BCUT2D eigenvalue weighted by Crippen LogP contribution is 2.33. The lowest BCUT2D eigenvalue weighted by Gasteiger charge is -2.11. The van der Waals surface area contributed by atoms with Crippen molar-refractivity contribution in [3.8, 4) is 0 Å². The van der Waals surface area contributed by atoms with E-state index in [1.54, 1.807) is 17.8 Å². The summed E-state index contributed by atoms with van der Waals surface area (Å²) >= 11 is 5.07. The molecule has 0 radical (unpaired) electrons. The summed E-state index contributed by atoms with van der Waals surface area (Å²) in [5.41, 5.74) is 0.768. The summed E-state index contributed by atoms with van der Waals surface area (Å²) in [7, 11) is 0. The van der Waals surface area contributed by atoms with Gasteiger partial charge in [-0.25, -0.2) is 4.39 Å². The minimum Gasteiger partial charge on any atom is -0.310 e. The fraction of sp³-hybridized carbons (Fsp3) is 0.250. The third-order valence-corrected chi connectivity index (χ3v) is 4.83. The normalized spacial score (nSPS) is 14.5. The Morgan fingerprint density at radius 3 is 2.75 bits per heavy atom. The van der Waals surface area contributed by atoms with Crippen molar-refractivity contribution in [1.29, 1.82) is 0 Å². The number of rotatable bonds is 5. The molecule has 0 bridgehead atoms. The quantitative estimate of drug-likeness (QED) is 0.814. The Hall–Kier alpha value is -0.840. The number of hydrogen-bond acceptors (Lipinski definition) is 2. The average Bonchev–Trinajstić information content (AvgIpc) is 3.22. The van der Waals surface area contributed by atoms with Crippen LogP contribution in [0, 0.1) is 5.82 Å². The lowest BCUT2D eigenvalue weighted by atomic mass is 10.2. The maximum absolute atomic E-state index is 14.0. The van der Waals surface area contributed by atoms with E-state index in [4.69, 9.17) is 0 Å². The maximum Gasteiger partial charge on any atom is 0.128 e. The summed E-state index contributed by atoms with van der Waals surface area (Å²) in [5, 5.41) is 3.39. The fourth-order valence-corrected chi connectivity index (χ4v) is 3.57. The van der Waals surface area contributed by atoms with Gasteiger partial charge in [-0.1, -0.05) is 39.8 Å². The largest absolute Gasteiger partial charge is 0.310 e. The molecule has 0 amide bonds. The number of halogens is 2. The third-order valence-electron chi connectivity index (χ3n) is 3.24. The van der Waals surface area contributed by atoms with E-state index in [2.05, 4.69) is 21.2 Å². The predicted molar refractivity (Wildman–Crippen MR) is 84.5 cm³/mol. The molecule has 20 heavy (non-hydrogen) atoms. The van der Waals surface area contributed by atoms with Gasteiger partial charge in [-0.15, -0.1) is 0 Å². The van der Waals surface area contributed by atoms with Crippen molar-refractivity contribution < 1.29 is 4.39 Å². The highest BCUT2D eigenvalue weighted by Gasteiger charge is 2.21. The van der Waals surface area contributed by atoms with Gasteiger partial charge in [0.15, 0.2) is 0 Å². The summed E-state index contributed by atoms with van der Waals surface area (Å²) in [6, 6.07) is 14.0. The molecule has 0 aliphatic heterocycles. The molecular formula is C16H15BrFNS. The Morgan fingerprint density at radius 2 is 2.00 bits per heavy atom. The predicted octanol–water partition coefficient (Wildman–Crippen LogP) is 4.99. The molecule has 1 saturated carbocycles. The van der Waals surface area contributed by atoms with E-state index < -0.39 is 0 Å². The first-order valence-corrected chi connectivity index (χ1v) is 8.27. The Bertz CT molecular complexity index is 613. The molecule has 2 aromatic rings. The second-order valence-corrected chi connectivity index (χ2v) is 6.96. The van der Waals surface area contributed by atoms with Crippen LogP contribution < -0.4 is 5.32 Å². The van der Waals surface area contributed by atoms with Crippen molar-refractivity contribution in [1.82, 2.24) is 5.32 Å². The molecule has 1 fully saturated rings. The Kier molecular flexibility index (Phi) is 4.44. The van der Waals surface area contributed by atoms with Crippen molar-refractivity contribution in [2.24, 2.45) is 0 Å². The van der Waals surface area contributed by atoms with E-state index in [1.807, 2.05) is 30.3 Å². The van der Waals surface area contributed by atoms with E-state index in [0.717, 1.165) is 19.8 Å². The first kappa shape index (κ1) is 14.1. The second-order valence-electron chi connectivity index (χ2n) is 4.93. The highest BCUT2D eigenvalue weighted by atomic mass is 79.9. The molecule has 1 aliphatic rings. The lowest BCUT2D eigenvalue weighted by molar-refractivity contribution is 0.579. The molecule has 1 aliphatic carbocycles. The molecule has 4 heteroatoms. The average molecular weight is 352 g/mol. The van der Waals surface area contributed by atoms with Gasteiger partial charge in [0.1, 0.15) is 5.82 Å². The number of benzene rings is 2. The van der Waals surface area contributed by atoms with E-state index in [9.17, 15) is 4.39 Å². The van der Waals surface area contributed by atoms with E-state index >= 15 is 0 Å². The minimum absolute atomic E-state index is 0.127. The van der Waals surface area contributed by atoms with Crippen LogP contribution in [0.15, 0.2) is 56.7 Å². The highest BCUT2D eigenvalue weighted by molar-refractivity contribution is 9.10. The van der Waals surface area contributed by atoms with Gasteiger partial charge in [0.05, 0.1) is 0 Å². The molecule has 104 valence electrons. The summed E-state index contributed by atoms with van der Waals surface area (Å²) < 4.78 is 15.1. The van der Waals surface area contributed by atoms with Crippen molar-refractivity contribution in [3.63, 3.8) is 0 Å². The van der Waals surface area contributed by atoms with Gasteiger partial charge in [0.25, 0.3) is 0 Å². The number of hydrogen-bond donors (Lipinski definition) is 1. The SMILES string of the molecule is Fc1cccc(Sc2cccc(Br)c2)c1CNC1CC1. The zero-order valence-electron chi connectivity index (χ0n) is 10.9. The van der Waals surface area contributed by atoms with Gasteiger partial charge in [-0.2, -0.15) is 0 Å². The molecule has 3 rings (SSSR count). The van der Waals surface area contributed by atoms with Gasteiger partial charge >= 0.3 is 0 Å².